The third-order valence-corrected chi connectivity index (χ3v) is 7.27. The zero-order chi connectivity index (χ0) is 22.8. The third-order valence-electron chi connectivity index (χ3n) is 5.10. The van der Waals surface area contributed by atoms with Gasteiger partial charge in [0.05, 0.1) is 10.8 Å². The number of nitrogens with zero attached hydrogens (tertiary/aromatic N) is 1. The smallest absolute Gasteiger partial charge is 0.309 e. The lowest BCUT2D eigenvalue weighted by molar-refractivity contribution is -0.152. The first-order valence-electron chi connectivity index (χ1n) is 9.55. The van der Waals surface area contributed by atoms with Crippen molar-refractivity contribution in [2.24, 2.45) is 5.92 Å². The molecule has 3 rings (SSSR count). The van der Waals surface area contributed by atoms with Crippen molar-refractivity contribution in [3.05, 3.63) is 64.7 Å². The maximum absolute atomic E-state index is 13.3. The molecule has 0 radical (unpaired) electrons. The first-order valence-corrected chi connectivity index (χ1v) is 11.4. The van der Waals surface area contributed by atoms with E-state index >= 15 is 0 Å². The average molecular weight is 472 g/mol. The van der Waals surface area contributed by atoms with E-state index in [1.807, 2.05) is 0 Å². The van der Waals surface area contributed by atoms with Gasteiger partial charge in [0.2, 0.25) is 15.8 Å². The van der Waals surface area contributed by atoms with Gasteiger partial charge in [0.25, 0.3) is 0 Å². The highest BCUT2D eigenvalue weighted by atomic mass is 35.5. The van der Waals surface area contributed by atoms with Crippen LogP contribution in [0.25, 0.3) is 0 Å². The molecule has 1 atom stereocenters. The maximum atomic E-state index is 13.3. The number of ketones is 1. The van der Waals surface area contributed by atoms with E-state index in [4.69, 9.17) is 16.3 Å². The Balaban J connectivity index is 1.57. The number of Topliss-reactive ketones (excluding diaryl/α,β-unsaturated/α-hetero) is 1. The molecule has 0 amide bonds. The van der Waals surface area contributed by atoms with Crippen LogP contribution in [-0.4, -0.2) is 43.7 Å². The number of ether oxygens (including phenoxy) is 1. The molecule has 2 aromatic carbocycles. The molecule has 1 heterocycles. The van der Waals surface area contributed by atoms with Gasteiger partial charge in [0.1, 0.15) is 0 Å². The lowest BCUT2D eigenvalue weighted by Crippen LogP contribution is -2.41. The molecule has 6 nitrogen and oxygen atoms in total. The summed E-state index contributed by atoms with van der Waals surface area (Å²) in [6, 6.07) is 8.52. The molecule has 166 valence electrons. The van der Waals surface area contributed by atoms with Crippen LogP contribution in [0.3, 0.4) is 0 Å². The standard InChI is InChI=1S/C21H20ClF2NO5S/c1-13(20(26)15-2-7-18(23)19(24)12-15)30-21(27)14-8-10-25(11-9-14)31(28,29)17-5-3-16(22)4-6-17/h2-7,12-14H,8-11H2,1H3. The first kappa shape index (κ1) is 23.3. The highest BCUT2D eigenvalue weighted by Crippen LogP contribution is 2.26. The van der Waals surface area contributed by atoms with E-state index in [9.17, 15) is 26.8 Å². The Bertz CT molecular complexity index is 1080. The molecule has 1 saturated heterocycles. The SMILES string of the molecule is CC(OC(=O)C1CCN(S(=O)(=O)c2ccc(Cl)cc2)CC1)C(=O)c1ccc(F)c(F)c1. The van der Waals surface area contributed by atoms with Crippen molar-refractivity contribution < 1.29 is 31.5 Å². The van der Waals surface area contributed by atoms with Gasteiger partial charge < -0.3 is 4.74 Å². The molecule has 0 bridgehead atoms. The molecule has 0 spiro atoms. The van der Waals surface area contributed by atoms with Crippen LogP contribution in [0.1, 0.15) is 30.1 Å². The number of carbonyl (C=O) groups excluding carboxylic acids is 2. The zero-order valence-corrected chi connectivity index (χ0v) is 18.1. The van der Waals surface area contributed by atoms with Crippen molar-refractivity contribution >= 4 is 33.4 Å². The molecular weight excluding hydrogens is 452 g/mol. The molecule has 1 aliphatic heterocycles. The number of carbonyl (C=O) groups is 2. The van der Waals surface area contributed by atoms with E-state index in [1.54, 1.807) is 0 Å². The number of benzene rings is 2. The van der Waals surface area contributed by atoms with E-state index in [0.29, 0.717) is 5.02 Å². The Labute approximate surface area is 183 Å². The molecule has 0 aliphatic carbocycles. The van der Waals surface area contributed by atoms with Gasteiger partial charge in [-0.15, -0.1) is 0 Å². The highest BCUT2D eigenvalue weighted by molar-refractivity contribution is 7.89. The van der Waals surface area contributed by atoms with E-state index < -0.39 is 45.4 Å². The Morgan fingerprint density at radius 1 is 1.06 bits per heavy atom. The van der Waals surface area contributed by atoms with Gasteiger partial charge in [0, 0.05) is 23.7 Å². The van der Waals surface area contributed by atoms with Gasteiger partial charge in [-0.3, -0.25) is 9.59 Å². The number of rotatable bonds is 6. The van der Waals surface area contributed by atoms with Crippen molar-refractivity contribution in [1.82, 2.24) is 4.31 Å². The van der Waals surface area contributed by atoms with E-state index in [-0.39, 0.29) is 36.4 Å². The summed E-state index contributed by atoms with van der Waals surface area (Å²) < 4.78 is 58.3. The van der Waals surface area contributed by atoms with Crippen molar-refractivity contribution in [1.29, 1.82) is 0 Å². The van der Waals surface area contributed by atoms with Crippen molar-refractivity contribution in [3.8, 4) is 0 Å². The average Bonchev–Trinajstić information content (AvgIpc) is 2.75. The van der Waals surface area contributed by atoms with Crippen molar-refractivity contribution in [2.45, 2.75) is 30.8 Å². The minimum absolute atomic E-state index is 0.108. The summed E-state index contributed by atoms with van der Waals surface area (Å²) in [5.41, 5.74) is -0.108. The van der Waals surface area contributed by atoms with Gasteiger partial charge >= 0.3 is 5.97 Å². The summed E-state index contributed by atoms with van der Waals surface area (Å²) in [6.07, 6.45) is -0.719. The van der Waals surface area contributed by atoms with Crippen LogP contribution in [0.5, 0.6) is 0 Å². The number of halogens is 3. The minimum atomic E-state index is -3.71. The van der Waals surface area contributed by atoms with Crippen molar-refractivity contribution in [2.75, 3.05) is 13.1 Å². The zero-order valence-electron chi connectivity index (χ0n) is 16.6. The molecule has 0 saturated carbocycles. The minimum Gasteiger partial charge on any atom is -0.454 e. The second kappa shape index (κ2) is 9.42. The summed E-state index contributed by atoms with van der Waals surface area (Å²) in [4.78, 5) is 24.9. The summed E-state index contributed by atoms with van der Waals surface area (Å²) in [6.45, 7) is 1.59. The third kappa shape index (κ3) is 5.28. The maximum Gasteiger partial charge on any atom is 0.309 e. The lowest BCUT2D eigenvalue weighted by Gasteiger charge is -2.30. The van der Waals surface area contributed by atoms with Crippen LogP contribution in [0.2, 0.25) is 5.02 Å². The summed E-state index contributed by atoms with van der Waals surface area (Å²) in [7, 11) is -3.71. The molecule has 0 N–H and O–H groups in total. The molecule has 1 aliphatic rings. The van der Waals surface area contributed by atoms with Gasteiger partial charge in [-0.25, -0.2) is 17.2 Å². The molecule has 1 unspecified atom stereocenters. The van der Waals surface area contributed by atoms with E-state index in [2.05, 4.69) is 0 Å². The monoisotopic (exact) mass is 471 g/mol. The van der Waals surface area contributed by atoms with Crippen LogP contribution >= 0.6 is 11.6 Å². The number of hydrogen-bond acceptors (Lipinski definition) is 5. The summed E-state index contributed by atoms with van der Waals surface area (Å²) in [5, 5.41) is 0.424. The predicted octanol–water partition coefficient (Wildman–Crippen LogP) is 3.83. The van der Waals surface area contributed by atoms with Gasteiger partial charge in [-0.1, -0.05) is 11.6 Å². The number of hydrogen-bond donors (Lipinski definition) is 0. The van der Waals surface area contributed by atoms with Gasteiger partial charge in [-0.05, 0) is 62.2 Å². The highest BCUT2D eigenvalue weighted by Gasteiger charge is 2.34. The second-order valence-electron chi connectivity index (χ2n) is 7.20. The molecule has 10 heteroatoms. The molecule has 2 aromatic rings. The van der Waals surface area contributed by atoms with Gasteiger partial charge in [0.15, 0.2) is 17.7 Å². The molecule has 31 heavy (non-hydrogen) atoms. The van der Waals surface area contributed by atoms with E-state index in [0.717, 1.165) is 18.2 Å². The fourth-order valence-electron chi connectivity index (χ4n) is 3.30. The Kier molecular flexibility index (Phi) is 7.08. The lowest BCUT2D eigenvalue weighted by atomic mass is 9.98. The van der Waals surface area contributed by atoms with Crippen LogP contribution < -0.4 is 0 Å². The van der Waals surface area contributed by atoms with E-state index in [1.165, 1.54) is 35.5 Å². The number of piperidine rings is 1. The normalized spacial score (nSPS) is 16.6. The van der Waals surface area contributed by atoms with Crippen LogP contribution in [0, 0.1) is 17.6 Å². The van der Waals surface area contributed by atoms with Crippen LogP contribution in [0.4, 0.5) is 8.78 Å². The Morgan fingerprint density at radius 3 is 2.26 bits per heavy atom. The number of esters is 1. The predicted molar refractivity (Wildman–Crippen MR) is 109 cm³/mol. The van der Waals surface area contributed by atoms with Crippen LogP contribution in [-0.2, 0) is 19.6 Å². The second-order valence-corrected chi connectivity index (χ2v) is 9.58. The molecular formula is C21H20ClF2NO5S. The Morgan fingerprint density at radius 2 is 1.68 bits per heavy atom. The summed E-state index contributed by atoms with van der Waals surface area (Å²) in [5.74, 6) is -4.11. The Hall–Kier alpha value is -2.36. The largest absolute Gasteiger partial charge is 0.454 e. The topological polar surface area (TPSA) is 80.8 Å². The summed E-state index contributed by atoms with van der Waals surface area (Å²) >= 11 is 5.80. The fraction of sp³-hybridized carbons (Fsp3) is 0.333. The van der Waals surface area contributed by atoms with Gasteiger partial charge in [-0.2, -0.15) is 4.31 Å². The molecule has 0 aromatic heterocycles. The number of sulfonamides is 1. The fourth-order valence-corrected chi connectivity index (χ4v) is 4.89. The van der Waals surface area contributed by atoms with Crippen molar-refractivity contribution in [3.63, 3.8) is 0 Å². The quantitative estimate of drug-likeness (QED) is 0.472. The molecule has 1 fully saturated rings. The first-order chi connectivity index (χ1) is 14.6. The van der Waals surface area contributed by atoms with Crippen LogP contribution in [0.15, 0.2) is 47.4 Å².